The quantitative estimate of drug-likeness (QED) is 0.583. The van der Waals surface area contributed by atoms with Gasteiger partial charge in [-0.25, -0.2) is 0 Å². The van der Waals surface area contributed by atoms with E-state index >= 15 is 0 Å². The Morgan fingerprint density at radius 3 is 2.48 bits per heavy atom. The van der Waals surface area contributed by atoms with Gasteiger partial charge in [-0.05, 0) is 68.1 Å². The van der Waals surface area contributed by atoms with Crippen LogP contribution in [0.5, 0.6) is 5.75 Å². The van der Waals surface area contributed by atoms with E-state index in [0.29, 0.717) is 12.5 Å². The van der Waals surface area contributed by atoms with Crippen LogP contribution in [0.4, 0.5) is 11.4 Å². The van der Waals surface area contributed by atoms with E-state index in [1.54, 1.807) is 0 Å². The Bertz CT molecular complexity index is 856. The van der Waals surface area contributed by atoms with Gasteiger partial charge >= 0.3 is 0 Å². The van der Waals surface area contributed by atoms with Gasteiger partial charge in [0.2, 0.25) is 0 Å². The Balaban J connectivity index is 1.95. The molecule has 0 aliphatic rings. The molecule has 0 radical (unpaired) electrons. The van der Waals surface area contributed by atoms with Crippen molar-refractivity contribution in [3.63, 3.8) is 0 Å². The van der Waals surface area contributed by atoms with Crippen LogP contribution in [-0.2, 0) is 0 Å². The molecule has 1 heterocycles. The summed E-state index contributed by atoms with van der Waals surface area (Å²) in [6.45, 7) is 9.16. The van der Waals surface area contributed by atoms with Gasteiger partial charge in [0.05, 0.1) is 12.1 Å². The molecule has 3 aromatic rings. The topological polar surface area (TPSA) is 34.1 Å². The lowest BCUT2D eigenvalue weighted by molar-refractivity contribution is 0.340. The first-order valence-corrected chi connectivity index (χ1v) is 9.02. The molecule has 0 saturated heterocycles. The van der Waals surface area contributed by atoms with Gasteiger partial charge in [-0.3, -0.25) is 4.98 Å². The molecule has 3 heteroatoms. The van der Waals surface area contributed by atoms with Crippen molar-refractivity contribution < 1.29 is 4.74 Å². The number of aromatic nitrogens is 1. The van der Waals surface area contributed by atoms with Crippen molar-refractivity contribution in [2.45, 2.75) is 40.0 Å². The summed E-state index contributed by atoms with van der Waals surface area (Å²) in [5, 5.41) is 4.62. The van der Waals surface area contributed by atoms with E-state index in [-0.39, 0.29) is 0 Å². The molecule has 0 spiro atoms. The average Bonchev–Trinajstić information content (AvgIpc) is 2.62. The second-order valence-corrected chi connectivity index (χ2v) is 6.48. The van der Waals surface area contributed by atoms with Crippen LogP contribution in [0, 0.1) is 6.92 Å². The van der Waals surface area contributed by atoms with Crippen LogP contribution in [0.15, 0.2) is 48.5 Å². The van der Waals surface area contributed by atoms with Gasteiger partial charge in [0.1, 0.15) is 5.75 Å². The van der Waals surface area contributed by atoms with E-state index in [4.69, 9.17) is 4.74 Å². The molecule has 0 bridgehead atoms. The molecule has 0 aliphatic heterocycles. The van der Waals surface area contributed by atoms with Crippen molar-refractivity contribution >= 4 is 22.3 Å². The molecule has 3 rings (SSSR count). The zero-order valence-corrected chi connectivity index (χ0v) is 15.5. The van der Waals surface area contributed by atoms with Crippen molar-refractivity contribution in [1.82, 2.24) is 4.98 Å². The first kappa shape index (κ1) is 17.3. The maximum absolute atomic E-state index is 5.65. The second-order valence-electron chi connectivity index (χ2n) is 6.48. The van der Waals surface area contributed by atoms with Gasteiger partial charge < -0.3 is 10.1 Å². The number of anilines is 2. The normalized spacial score (nSPS) is 12.2. The number of fused-ring (bicyclic) bond motifs is 1. The van der Waals surface area contributed by atoms with Crippen molar-refractivity contribution in [3.8, 4) is 5.75 Å². The molecule has 0 aliphatic carbocycles. The lowest BCUT2D eigenvalue weighted by atomic mass is 9.98. The molecular formula is C22H26N2O. The minimum Gasteiger partial charge on any atom is -0.494 e. The molecule has 2 aromatic carbocycles. The predicted molar refractivity (Wildman–Crippen MR) is 106 cm³/mol. The monoisotopic (exact) mass is 334 g/mol. The van der Waals surface area contributed by atoms with E-state index in [0.717, 1.165) is 40.1 Å². The third-order valence-corrected chi connectivity index (χ3v) is 4.59. The van der Waals surface area contributed by atoms with Crippen LogP contribution in [0.3, 0.4) is 0 Å². The number of pyridine rings is 1. The first-order valence-electron chi connectivity index (χ1n) is 9.02. The van der Waals surface area contributed by atoms with Crippen molar-refractivity contribution in [2.75, 3.05) is 11.9 Å². The minimum absolute atomic E-state index is 0.590. The van der Waals surface area contributed by atoms with E-state index in [2.05, 4.69) is 60.5 Å². The lowest BCUT2D eigenvalue weighted by Gasteiger charge is -2.14. The lowest BCUT2D eigenvalue weighted by Crippen LogP contribution is -1.97. The Morgan fingerprint density at radius 2 is 1.80 bits per heavy atom. The fourth-order valence-corrected chi connectivity index (χ4v) is 2.98. The number of nitrogens with zero attached hydrogens (tertiary/aromatic N) is 1. The molecule has 130 valence electrons. The largest absolute Gasteiger partial charge is 0.494 e. The molecule has 0 fully saturated rings. The number of hydrogen-bond donors (Lipinski definition) is 1. The van der Waals surface area contributed by atoms with Gasteiger partial charge in [0.15, 0.2) is 0 Å². The van der Waals surface area contributed by atoms with Crippen LogP contribution in [0.1, 0.15) is 44.4 Å². The molecule has 1 N–H and O–H groups in total. The van der Waals surface area contributed by atoms with Gasteiger partial charge in [-0.15, -0.1) is 0 Å². The van der Waals surface area contributed by atoms with Crippen LogP contribution in [0.25, 0.3) is 10.9 Å². The van der Waals surface area contributed by atoms with Crippen LogP contribution < -0.4 is 10.1 Å². The zero-order chi connectivity index (χ0) is 17.8. The smallest absolute Gasteiger partial charge is 0.120 e. The summed E-state index contributed by atoms with van der Waals surface area (Å²) in [6, 6.07) is 16.8. The third-order valence-electron chi connectivity index (χ3n) is 4.59. The summed E-state index contributed by atoms with van der Waals surface area (Å²) in [6.07, 6.45) is 1.15. The average molecular weight is 334 g/mol. The molecular weight excluding hydrogens is 308 g/mol. The maximum atomic E-state index is 5.65. The maximum Gasteiger partial charge on any atom is 0.120 e. The van der Waals surface area contributed by atoms with Gasteiger partial charge in [-0.2, -0.15) is 0 Å². The summed E-state index contributed by atoms with van der Waals surface area (Å²) in [4.78, 5) is 4.63. The summed E-state index contributed by atoms with van der Waals surface area (Å²) >= 11 is 0. The van der Waals surface area contributed by atoms with E-state index in [9.17, 15) is 0 Å². The molecule has 0 saturated carbocycles. The molecule has 25 heavy (non-hydrogen) atoms. The first-order chi connectivity index (χ1) is 12.1. The highest BCUT2D eigenvalue weighted by molar-refractivity contribution is 5.94. The number of aryl methyl sites for hydroxylation is 1. The third kappa shape index (κ3) is 3.93. The van der Waals surface area contributed by atoms with Gasteiger partial charge in [-0.1, -0.05) is 26.0 Å². The number of hydrogen-bond acceptors (Lipinski definition) is 3. The second kappa shape index (κ2) is 7.56. The summed E-state index contributed by atoms with van der Waals surface area (Å²) < 4.78 is 5.65. The SMILES string of the molecule is CCOc1ccc2nc(C)cc(Nc3ccc(C(C)CC)cc3)c2c1. The van der Waals surface area contributed by atoms with Crippen LogP contribution in [0.2, 0.25) is 0 Å². The number of ether oxygens (including phenoxy) is 1. The predicted octanol–water partition coefficient (Wildman–Crippen LogP) is 6.20. The standard InChI is InChI=1S/C22H26N2O/c1-5-15(3)17-7-9-18(10-8-17)24-22-13-16(4)23-21-12-11-19(25-6-2)14-20(21)22/h7-15H,5-6H2,1-4H3,(H,23,24). The number of nitrogens with one attached hydrogen (secondary N) is 1. The molecule has 0 amide bonds. The highest BCUT2D eigenvalue weighted by atomic mass is 16.5. The zero-order valence-electron chi connectivity index (χ0n) is 15.5. The van der Waals surface area contributed by atoms with E-state index in [1.807, 2.05) is 26.0 Å². The minimum atomic E-state index is 0.590. The van der Waals surface area contributed by atoms with Gasteiger partial charge in [0.25, 0.3) is 0 Å². The van der Waals surface area contributed by atoms with E-state index in [1.165, 1.54) is 5.56 Å². The van der Waals surface area contributed by atoms with Crippen LogP contribution in [-0.4, -0.2) is 11.6 Å². The highest BCUT2D eigenvalue weighted by Crippen LogP contribution is 2.30. The summed E-state index contributed by atoms with van der Waals surface area (Å²) in [5.74, 6) is 1.46. The number of benzene rings is 2. The fourth-order valence-electron chi connectivity index (χ4n) is 2.98. The summed E-state index contributed by atoms with van der Waals surface area (Å²) in [7, 11) is 0. The Hall–Kier alpha value is -2.55. The molecule has 3 nitrogen and oxygen atoms in total. The Kier molecular flexibility index (Phi) is 5.22. The summed E-state index contributed by atoms with van der Waals surface area (Å²) in [5.41, 5.74) is 5.49. The van der Waals surface area contributed by atoms with Crippen molar-refractivity contribution in [3.05, 3.63) is 59.8 Å². The van der Waals surface area contributed by atoms with Gasteiger partial charge in [0, 0.05) is 22.5 Å². The molecule has 1 atom stereocenters. The molecule has 1 aromatic heterocycles. The van der Waals surface area contributed by atoms with Crippen LogP contribution >= 0.6 is 0 Å². The fraction of sp³-hybridized carbons (Fsp3) is 0.318. The van der Waals surface area contributed by atoms with Crippen molar-refractivity contribution in [2.24, 2.45) is 0 Å². The molecule has 1 unspecified atom stereocenters. The number of rotatable bonds is 6. The Labute approximate surface area is 150 Å². The highest BCUT2D eigenvalue weighted by Gasteiger charge is 2.08. The van der Waals surface area contributed by atoms with E-state index < -0.39 is 0 Å². The van der Waals surface area contributed by atoms with Crippen molar-refractivity contribution in [1.29, 1.82) is 0 Å². The Morgan fingerprint density at radius 1 is 1.04 bits per heavy atom.